The van der Waals surface area contributed by atoms with Crippen LogP contribution in [0.1, 0.15) is 0 Å². The van der Waals surface area contributed by atoms with Crippen molar-refractivity contribution in [3.05, 3.63) is 103 Å². The molecule has 0 radical (unpaired) electrons. The lowest BCUT2D eigenvalue weighted by Crippen LogP contribution is -1.97. The summed E-state index contributed by atoms with van der Waals surface area (Å²) in [5, 5.41) is 3.28. The van der Waals surface area contributed by atoms with Crippen LogP contribution in [0.4, 0.5) is 0 Å². The number of aromatic nitrogens is 3. The first-order valence-corrected chi connectivity index (χ1v) is 10.6. The van der Waals surface area contributed by atoms with Crippen molar-refractivity contribution in [2.24, 2.45) is 0 Å². The van der Waals surface area contributed by atoms with Gasteiger partial charge in [-0.25, -0.2) is 9.97 Å². The molecule has 7 rings (SSSR count). The van der Waals surface area contributed by atoms with E-state index in [-0.39, 0.29) is 0 Å². The molecule has 0 aliphatic rings. The van der Waals surface area contributed by atoms with Crippen molar-refractivity contribution in [1.82, 2.24) is 14.5 Å². The van der Waals surface area contributed by atoms with E-state index in [9.17, 15) is 0 Å². The maximum Gasteiger partial charge on any atom is 0.179 e. The second-order valence-electron chi connectivity index (χ2n) is 7.91. The lowest BCUT2D eigenvalue weighted by atomic mass is 10.1. The van der Waals surface area contributed by atoms with Crippen molar-refractivity contribution in [3.8, 4) is 17.1 Å². The zero-order valence-electron chi connectivity index (χ0n) is 17.1. The fourth-order valence-corrected chi connectivity index (χ4v) is 4.55. The molecule has 150 valence electrons. The monoisotopic (exact) mass is 411 g/mol. The first-order chi connectivity index (χ1) is 15.9. The van der Waals surface area contributed by atoms with E-state index >= 15 is 0 Å². The third-order valence-corrected chi connectivity index (χ3v) is 6.01. The van der Waals surface area contributed by atoms with Gasteiger partial charge in [-0.3, -0.25) is 4.57 Å². The van der Waals surface area contributed by atoms with Crippen LogP contribution in [0.3, 0.4) is 0 Å². The number of nitrogens with zero attached hydrogens (tertiary/aromatic N) is 3. The normalized spacial score (nSPS) is 11.8. The summed E-state index contributed by atoms with van der Waals surface area (Å²) in [6.07, 6.45) is 0. The summed E-state index contributed by atoms with van der Waals surface area (Å²) >= 11 is 0. The minimum atomic E-state index is 0.718. The van der Waals surface area contributed by atoms with E-state index in [1.165, 1.54) is 0 Å². The van der Waals surface area contributed by atoms with Gasteiger partial charge >= 0.3 is 0 Å². The van der Waals surface area contributed by atoms with Gasteiger partial charge in [0.15, 0.2) is 11.5 Å². The summed E-state index contributed by atoms with van der Waals surface area (Å²) < 4.78 is 8.51. The summed E-state index contributed by atoms with van der Waals surface area (Å²) in [7, 11) is 0. The van der Waals surface area contributed by atoms with Gasteiger partial charge in [0.25, 0.3) is 0 Å². The van der Waals surface area contributed by atoms with Crippen molar-refractivity contribution in [2.75, 3.05) is 0 Å². The van der Waals surface area contributed by atoms with Crippen LogP contribution in [0.15, 0.2) is 108 Å². The number of fused-ring (bicyclic) bond motifs is 5. The van der Waals surface area contributed by atoms with Crippen molar-refractivity contribution in [2.45, 2.75) is 0 Å². The Morgan fingerprint density at radius 1 is 0.656 bits per heavy atom. The van der Waals surface area contributed by atoms with E-state index in [4.69, 9.17) is 14.4 Å². The average Bonchev–Trinajstić information content (AvgIpc) is 3.41. The van der Waals surface area contributed by atoms with Crippen LogP contribution >= 0.6 is 0 Å². The molecule has 7 aromatic rings. The van der Waals surface area contributed by atoms with E-state index in [0.717, 1.165) is 61.1 Å². The number of benzene rings is 4. The predicted octanol–water partition coefficient (Wildman–Crippen LogP) is 7.14. The summed E-state index contributed by atoms with van der Waals surface area (Å²) in [5.41, 5.74) is 6.33. The fraction of sp³-hybridized carbons (Fsp3) is 0. The van der Waals surface area contributed by atoms with E-state index < -0.39 is 0 Å². The maximum atomic E-state index is 6.33. The van der Waals surface area contributed by atoms with E-state index in [1.807, 2.05) is 54.6 Å². The molecular formula is C28H17N3O. The third-order valence-electron chi connectivity index (χ3n) is 6.01. The minimum absolute atomic E-state index is 0.718. The molecule has 0 spiro atoms. The molecule has 0 amide bonds. The van der Waals surface area contributed by atoms with E-state index in [1.54, 1.807) is 0 Å². The van der Waals surface area contributed by atoms with Gasteiger partial charge in [0.05, 0.1) is 16.6 Å². The Morgan fingerprint density at radius 3 is 2.38 bits per heavy atom. The first kappa shape index (κ1) is 17.3. The largest absolute Gasteiger partial charge is 0.455 e. The molecule has 3 heterocycles. The molecule has 0 N–H and O–H groups in total. The van der Waals surface area contributed by atoms with E-state index in [2.05, 4.69) is 53.1 Å². The minimum Gasteiger partial charge on any atom is -0.455 e. The van der Waals surface area contributed by atoms with E-state index in [0.29, 0.717) is 0 Å². The lowest BCUT2D eigenvalue weighted by Gasteiger charge is -2.10. The molecule has 0 atom stereocenters. The zero-order valence-corrected chi connectivity index (χ0v) is 17.1. The Morgan fingerprint density at radius 2 is 1.44 bits per heavy atom. The van der Waals surface area contributed by atoms with Gasteiger partial charge in [-0.1, -0.05) is 66.7 Å². The Bertz CT molecular complexity index is 1780. The molecule has 3 aromatic heterocycles. The zero-order chi connectivity index (χ0) is 21.1. The van der Waals surface area contributed by atoms with Crippen LogP contribution in [-0.2, 0) is 0 Å². The van der Waals surface area contributed by atoms with Crippen LogP contribution in [0, 0.1) is 0 Å². The van der Waals surface area contributed by atoms with Crippen LogP contribution in [0.25, 0.3) is 61.1 Å². The molecular weight excluding hydrogens is 394 g/mol. The molecule has 4 nitrogen and oxygen atoms in total. The number of furan rings is 1. The van der Waals surface area contributed by atoms with Crippen LogP contribution in [0.2, 0.25) is 0 Å². The molecule has 0 unspecified atom stereocenters. The van der Waals surface area contributed by atoms with Crippen LogP contribution in [0.5, 0.6) is 0 Å². The van der Waals surface area contributed by atoms with Gasteiger partial charge < -0.3 is 4.42 Å². The molecule has 4 heteroatoms. The number of rotatable bonds is 2. The Hall–Kier alpha value is -4.44. The lowest BCUT2D eigenvalue weighted by molar-refractivity contribution is 0.669. The highest BCUT2D eigenvalue weighted by Crippen LogP contribution is 2.37. The standard InChI is InChI=1S/C28H17N3O/c1-2-10-19(11-3-1)31-24-17-18-9-4-6-15-23(18)29-27(24)30-28(31)22-14-8-13-21-20-12-5-7-16-25(20)32-26(21)22/h1-17H. The van der Waals surface area contributed by atoms with Gasteiger partial charge in [0.2, 0.25) is 0 Å². The number of hydrogen-bond acceptors (Lipinski definition) is 3. The molecule has 0 saturated carbocycles. The first-order valence-electron chi connectivity index (χ1n) is 10.6. The molecule has 0 fully saturated rings. The second kappa shape index (κ2) is 6.53. The fourth-order valence-electron chi connectivity index (χ4n) is 4.55. The third kappa shape index (κ3) is 2.44. The van der Waals surface area contributed by atoms with Crippen molar-refractivity contribution < 1.29 is 4.42 Å². The second-order valence-corrected chi connectivity index (χ2v) is 7.91. The number of hydrogen-bond donors (Lipinski definition) is 0. The Kier molecular flexibility index (Phi) is 3.52. The number of para-hydroxylation sites is 4. The SMILES string of the molecule is c1ccc(-n2c(-c3cccc4c3oc3ccccc34)nc3nc4ccccc4cc32)cc1. The summed E-state index contributed by atoms with van der Waals surface area (Å²) in [4.78, 5) is 9.89. The highest BCUT2D eigenvalue weighted by Gasteiger charge is 2.20. The molecule has 4 aromatic carbocycles. The molecule has 32 heavy (non-hydrogen) atoms. The van der Waals surface area contributed by atoms with Crippen molar-refractivity contribution in [3.63, 3.8) is 0 Å². The molecule has 0 aliphatic carbocycles. The molecule has 0 aliphatic heterocycles. The Labute approximate surface area is 183 Å². The smallest absolute Gasteiger partial charge is 0.179 e. The van der Waals surface area contributed by atoms with Crippen LogP contribution in [-0.4, -0.2) is 14.5 Å². The highest BCUT2D eigenvalue weighted by atomic mass is 16.3. The number of pyridine rings is 1. The average molecular weight is 411 g/mol. The van der Waals surface area contributed by atoms with Gasteiger partial charge in [0.1, 0.15) is 11.2 Å². The summed E-state index contributed by atoms with van der Waals surface area (Å²) in [5.74, 6) is 0.818. The van der Waals surface area contributed by atoms with Crippen molar-refractivity contribution in [1.29, 1.82) is 0 Å². The van der Waals surface area contributed by atoms with Gasteiger partial charge in [-0.05, 0) is 36.4 Å². The quantitative estimate of drug-likeness (QED) is 0.304. The summed E-state index contributed by atoms with van der Waals surface area (Å²) in [6.45, 7) is 0. The number of imidazole rings is 1. The molecule has 0 bridgehead atoms. The van der Waals surface area contributed by atoms with Gasteiger partial charge in [-0.2, -0.15) is 0 Å². The molecule has 0 saturated heterocycles. The van der Waals surface area contributed by atoms with Crippen molar-refractivity contribution >= 4 is 44.0 Å². The van der Waals surface area contributed by atoms with Gasteiger partial charge in [0, 0.05) is 21.8 Å². The Balaban J connectivity index is 1.63. The topological polar surface area (TPSA) is 43.9 Å². The summed E-state index contributed by atoms with van der Waals surface area (Å²) in [6, 6.07) is 35.0. The van der Waals surface area contributed by atoms with Gasteiger partial charge in [-0.15, -0.1) is 0 Å². The highest BCUT2D eigenvalue weighted by molar-refractivity contribution is 6.09. The maximum absolute atomic E-state index is 6.33. The van der Waals surface area contributed by atoms with Crippen LogP contribution < -0.4 is 0 Å². The predicted molar refractivity (Wildman–Crippen MR) is 129 cm³/mol.